The number of aromatic nitrogens is 1. The first-order valence-corrected chi connectivity index (χ1v) is 3.60. The van der Waals surface area contributed by atoms with E-state index < -0.39 is 0 Å². The van der Waals surface area contributed by atoms with Gasteiger partial charge in [0.2, 0.25) is 0 Å². The lowest BCUT2D eigenvalue weighted by molar-refractivity contribution is 1.37. The van der Waals surface area contributed by atoms with Crippen molar-refractivity contribution in [3.8, 4) is 0 Å². The van der Waals surface area contributed by atoms with Crippen LogP contribution in [0.25, 0.3) is 10.9 Å². The number of hydrogen-bond acceptors (Lipinski definition) is 1. The highest BCUT2D eigenvalue weighted by atomic mass is 14.6. The number of fused-ring (bicyclic) bond motifs is 1. The Balaban J connectivity index is 2.83. The van der Waals surface area contributed by atoms with E-state index in [2.05, 4.69) is 36.3 Å². The van der Waals surface area contributed by atoms with Crippen molar-refractivity contribution in [2.45, 2.75) is 6.92 Å². The van der Waals surface area contributed by atoms with Gasteiger partial charge in [-0.15, -0.1) is 0 Å². The molecule has 0 unspecified atom stereocenters. The molecule has 0 fully saturated rings. The summed E-state index contributed by atoms with van der Waals surface area (Å²) < 4.78 is 0. The molecule has 0 N–H and O–H groups in total. The number of nitrogens with zero attached hydrogens (tertiary/aromatic N) is 1. The van der Waals surface area contributed by atoms with Crippen LogP contribution in [0.3, 0.4) is 0 Å². The molecular formula is C10H8N. The molecule has 0 amide bonds. The van der Waals surface area contributed by atoms with Gasteiger partial charge in [0.1, 0.15) is 0 Å². The van der Waals surface area contributed by atoms with Gasteiger partial charge in [-0.25, -0.2) is 4.98 Å². The van der Waals surface area contributed by atoms with Crippen molar-refractivity contribution in [3.05, 3.63) is 42.1 Å². The van der Waals surface area contributed by atoms with Gasteiger partial charge in [-0.05, 0) is 24.6 Å². The summed E-state index contributed by atoms with van der Waals surface area (Å²) in [5, 5.41) is 1.18. The molecule has 0 atom stereocenters. The number of aryl methyl sites for hydroxylation is 1. The van der Waals surface area contributed by atoms with Gasteiger partial charge in [0.25, 0.3) is 0 Å². The molecular weight excluding hydrogens is 134 g/mol. The van der Waals surface area contributed by atoms with Crippen LogP contribution in [0.1, 0.15) is 5.56 Å². The highest BCUT2D eigenvalue weighted by molar-refractivity contribution is 5.78. The van der Waals surface area contributed by atoms with Gasteiger partial charge in [0.15, 0.2) is 0 Å². The molecule has 2 rings (SSSR count). The van der Waals surface area contributed by atoms with Crippen LogP contribution in [0.15, 0.2) is 30.3 Å². The maximum atomic E-state index is 4.12. The number of benzene rings is 1. The van der Waals surface area contributed by atoms with Crippen LogP contribution >= 0.6 is 0 Å². The van der Waals surface area contributed by atoms with Crippen LogP contribution in [0, 0.1) is 13.1 Å². The molecule has 0 bridgehead atoms. The smallest absolute Gasteiger partial charge is 0.0894 e. The topological polar surface area (TPSA) is 12.9 Å². The van der Waals surface area contributed by atoms with Gasteiger partial charge in [0.05, 0.1) is 11.7 Å². The molecule has 11 heavy (non-hydrogen) atoms. The summed E-state index contributed by atoms with van der Waals surface area (Å²) in [6.07, 6.45) is 2.81. The number of pyridine rings is 1. The second-order valence-corrected chi connectivity index (χ2v) is 2.64. The van der Waals surface area contributed by atoms with E-state index in [0.717, 1.165) is 5.52 Å². The fourth-order valence-electron chi connectivity index (χ4n) is 1.13. The Hall–Kier alpha value is -1.37. The number of rotatable bonds is 0. The fourth-order valence-corrected chi connectivity index (χ4v) is 1.13. The van der Waals surface area contributed by atoms with Gasteiger partial charge < -0.3 is 0 Å². The minimum atomic E-state index is 1.02. The van der Waals surface area contributed by atoms with Crippen LogP contribution < -0.4 is 0 Å². The molecule has 1 radical (unpaired) electrons. The molecule has 1 aromatic carbocycles. The van der Waals surface area contributed by atoms with Gasteiger partial charge in [0, 0.05) is 5.39 Å². The van der Waals surface area contributed by atoms with Crippen molar-refractivity contribution in [2.75, 3.05) is 0 Å². The van der Waals surface area contributed by atoms with Crippen molar-refractivity contribution in [2.24, 2.45) is 0 Å². The molecule has 1 heteroatoms. The van der Waals surface area contributed by atoms with Crippen LogP contribution in [0.2, 0.25) is 0 Å². The first-order valence-electron chi connectivity index (χ1n) is 3.60. The lowest BCUT2D eigenvalue weighted by Crippen LogP contribution is -1.78. The third-order valence-electron chi connectivity index (χ3n) is 1.71. The van der Waals surface area contributed by atoms with Crippen LogP contribution in [0.5, 0.6) is 0 Å². The molecule has 0 saturated heterocycles. The van der Waals surface area contributed by atoms with Gasteiger partial charge in [-0.2, -0.15) is 0 Å². The Bertz CT molecular complexity index is 379. The third-order valence-corrected chi connectivity index (χ3v) is 1.71. The fraction of sp³-hybridized carbons (Fsp3) is 0.100. The molecule has 0 aliphatic heterocycles. The number of hydrogen-bond donors (Lipinski definition) is 0. The van der Waals surface area contributed by atoms with E-state index in [4.69, 9.17) is 0 Å². The average molecular weight is 142 g/mol. The summed E-state index contributed by atoms with van der Waals surface area (Å²) in [5.74, 6) is 0. The predicted octanol–water partition coefficient (Wildman–Crippen LogP) is 2.34. The predicted molar refractivity (Wildman–Crippen MR) is 45.3 cm³/mol. The van der Waals surface area contributed by atoms with Crippen LogP contribution in [-0.4, -0.2) is 4.98 Å². The lowest BCUT2D eigenvalue weighted by Gasteiger charge is -1.95. The summed E-state index contributed by atoms with van der Waals surface area (Å²) in [7, 11) is 0. The summed E-state index contributed by atoms with van der Waals surface area (Å²) in [6.45, 7) is 2.06. The molecule has 2 aromatic rings. The van der Waals surface area contributed by atoms with E-state index in [9.17, 15) is 0 Å². The summed E-state index contributed by atoms with van der Waals surface area (Å²) in [6, 6.07) is 10.1. The van der Waals surface area contributed by atoms with Crippen molar-refractivity contribution < 1.29 is 0 Å². The molecule has 0 aliphatic rings. The first kappa shape index (κ1) is 6.35. The molecule has 0 spiro atoms. The zero-order valence-corrected chi connectivity index (χ0v) is 6.33. The van der Waals surface area contributed by atoms with Crippen LogP contribution in [0.4, 0.5) is 0 Å². The summed E-state index contributed by atoms with van der Waals surface area (Å²) in [4.78, 5) is 4.12. The molecule has 1 aromatic heterocycles. The quantitative estimate of drug-likeness (QED) is 0.550. The Morgan fingerprint density at radius 2 is 2.18 bits per heavy atom. The Morgan fingerprint density at radius 3 is 3.09 bits per heavy atom. The van der Waals surface area contributed by atoms with Gasteiger partial charge in [-0.3, -0.25) is 0 Å². The van der Waals surface area contributed by atoms with Crippen molar-refractivity contribution in [1.29, 1.82) is 0 Å². The lowest BCUT2D eigenvalue weighted by atomic mass is 10.1. The maximum absolute atomic E-state index is 4.12. The van der Waals surface area contributed by atoms with E-state index in [-0.39, 0.29) is 0 Å². The Morgan fingerprint density at radius 1 is 1.27 bits per heavy atom. The molecule has 0 saturated carbocycles. The molecule has 1 heterocycles. The monoisotopic (exact) mass is 142 g/mol. The van der Waals surface area contributed by atoms with E-state index in [1.807, 2.05) is 12.1 Å². The van der Waals surface area contributed by atoms with E-state index in [0.29, 0.717) is 0 Å². The van der Waals surface area contributed by atoms with E-state index >= 15 is 0 Å². The SMILES string of the molecule is Cc1ccc2cc[c]nc2c1. The normalized spacial score (nSPS) is 10.3. The zero-order chi connectivity index (χ0) is 7.68. The Kier molecular flexibility index (Phi) is 1.35. The minimum Gasteiger partial charge on any atom is -0.246 e. The second kappa shape index (κ2) is 2.35. The summed E-state index contributed by atoms with van der Waals surface area (Å²) in [5.41, 5.74) is 2.26. The van der Waals surface area contributed by atoms with Crippen molar-refractivity contribution in [3.63, 3.8) is 0 Å². The van der Waals surface area contributed by atoms with Crippen molar-refractivity contribution >= 4 is 10.9 Å². The maximum Gasteiger partial charge on any atom is 0.0894 e. The highest BCUT2D eigenvalue weighted by Gasteiger charge is 1.91. The molecule has 0 aliphatic carbocycles. The van der Waals surface area contributed by atoms with Crippen molar-refractivity contribution in [1.82, 2.24) is 4.98 Å². The standard InChI is InChI=1S/C10H8N/c1-8-4-5-9-3-2-6-11-10(9)7-8/h2-5,7H,1H3. The van der Waals surface area contributed by atoms with Gasteiger partial charge in [-0.1, -0.05) is 18.2 Å². The Labute approximate surface area is 65.7 Å². The highest BCUT2D eigenvalue weighted by Crippen LogP contribution is 2.11. The molecule has 1 nitrogen and oxygen atoms in total. The summed E-state index contributed by atoms with van der Waals surface area (Å²) >= 11 is 0. The van der Waals surface area contributed by atoms with Crippen LogP contribution in [-0.2, 0) is 0 Å². The largest absolute Gasteiger partial charge is 0.246 e. The zero-order valence-electron chi connectivity index (χ0n) is 6.33. The average Bonchev–Trinajstić information content (AvgIpc) is 2.04. The molecule has 53 valence electrons. The third kappa shape index (κ3) is 1.09. The van der Waals surface area contributed by atoms with E-state index in [1.165, 1.54) is 10.9 Å². The van der Waals surface area contributed by atoms with E-state index in [1.54, 1.807) is 0 Å². The first-order chi connectivity index (χ1) is 5.36. The second-order valence-electron chi connectivity index (χ2n) is 2.64. The minimum absolute atomic E-state index is 1.02. The van der Waals surface area contributed by atoms with Gasteiger partial charge >= 0.3 is 0 Å².